The molecule has 1 atom stereocenters. The van der Waals surface area contributed by atoms with Crippen LogP contribution in [0.1, 0.15) is 68.4 Å². The van der Waals surface area contributed by atoms with Crippen LogP contribution in [-0.4, -0.2) is 57.1 Å². The number of nitrogens with zero attached hydrogens (tertiary/aromatic N) is 5. The molecule has 2 fully saturated rings. The molecule has 6 rings (SSSR count). The summed E-state index contributed by atoms with van der Waals surface area (Å²) in [6.45, 7) is 7.04. The third-order valence-corrected chi connectivity index (χ3v) is 9.03. The highest BCUT2D eigenvalue weighted by Gasteiger charge is 2.48. The first-order valence-electron chi connectivity index (χ1n) is 14.0. The van der Waals surface area contributed by atoms with E-state index in [0.29, 0.717) is 47.7 Å². The number of ketones is 1. The van der Waals surface area contributed by atoms with Gasteiger partial charge in [0.25, 0.3) is 0 Å². The molecular formula is C29H35N5O4Si. The van der Waals surface area contributed by atoms with Gasteiger partial charge >= 0.3 is 0 Å². The average Bonchev–Trinajstić information content (AvgIpc) is 3.31. The predicted molar refractivity (Wildman–Crippen MR) is 147 cm³/mol. The Morgan fingerprint density at radius 3 is 2.69 bits per heavy atom. The fourth-order valence-corrected chi connectivity index (χ4v) is 6.10. The molecule has 3 aromatic rings. The van der Waals surface area contributed by atoms with Gasteiger partial charge in [-0.25, -0.2) is 9.67 Å². The van der Waals surface area contributed by atoms with Crippen LogP contribution in [0.3, 0.4) is 0 Å². The van der Waals surface area contributed by atoms with Gasteiger partial charge < -0.3 is 14.4 Å². The lowest BCUT2D eigenvalue weighted by Gasteiger charge is -2.36. The monoisotopic (exact) mass is 545 g/mol. The highest BCUT2D eigenvalue weighted by molar-refractivity contribution is 6.83. The van der Waals surface area contributed by atoms with E-state index in [1.807, 2.05) is 12.3 Å². The van der Waals surface area contributed by atoms with Crippen molar-refractivity contribution >= 4 is 13.9 Å². The Morgan fingerprint density at radius 2 is 1.95 bits per heavy atom. The molecule has 0 unspecified atom stereocenters. The third-order valence-electron chi connectivity index (χ3n) is 8.15. The molecule has 0 aromatic carbocycles. The first-order chi connectivity index (χ1) is 18.7. The highest BCUT2D eigenvalue weighted by Crippen LogP contribution is 2.48. The number of Topliss-reactive ketones (excluding diaryl/α,β-unsaturated/α-hetero) is 1. The molecule has 3 aliphatic carbocycles. The topological polar surface area (TPSA) is 116 Å². The normalized spacial score (nSPS) is 21.8. The zero-order valence-corrected chi connectivity index (χ0v) is 23.9. The molecule has 3 aliphatic rings. The summed E-state index contributed by atoms with van der Waals surface area (Å²) in [5, 5.41) is 18.8. The van der Waals surface area contributed by atoms with Crippen molar-refractivity contribution in [1.82, 2.24) is 24.9 Å². The summed E-state index contributed by atoms with van der Waals surface area (Å²) < 4.78 is 13.7. The molecule has 0 saturated heterocycles. The predicted octanol–water partition coefficient (Wildman–Crippen LogP) is 4.41. The average molecular weight is 546 g/mol. The van der Waals surface area contributed by atoms with Crippen LogP contribution in [0, 0.1) is 16.9 Å². The van der Waals surface area contributed by atoms with Crippen LogP contribution in [0.4, 0.5) is 0 Å². The number of carbonyl (C=O) groups is 1. The van der Waals surface area contributed by atoms with E-state index in [4.69, 9.17) is 19.2 Å². The van der Waals surface area contributed by atoms with E-state index < -0.39 is 13.5 Å². The Kier molecular flexibility index (Phi) is 6.47. The van der Waals surface area contributed by atoms with Crippen molar-refractivity contribution < 1.29 is 19.2 Å². The van der Waals surface area contributed by atoms with Crippen LogP contribution < -0.4 is 4.74 Å². The number of rotatable bonds is 6. The quantitative estimate of drug-likeness (QED) is 0.358. The minimum absolute atomic E-state index is 0.0863. The molecule has 10 heteroatoms. The maximum Gasteiger partial charge on any atom is 0.219 e. The van der Waals surface area contributed by atoms with Crippen LogP contribution in [-0.2, 0) is 16.6 Å². The summed E-state index contributed by atoms with van der Waals surface area (Å²) in [5.74, 6) is 5.45. The van der Waals surface area contributed by atoms with Gasteiger partial charge in [0.15, 0.2) is 23.1 Å². The summed E-state index contributed by atoms with van der Waals surface area (Å²) in [7, 11) is -1.55. The first kappa shape index (κ1) is 26.0. The molecule has 9 nitrogen and oxygen atoms in total. The van der Waals surface area contributed by atoms with Crippen molar-refractivity contribution in [1.29, 1.82) is 0 Å². The number of fused-ring (bicyclic) bond motifs is 2. The third kappa shape index (κ3) is 5.05. The van der Waals surface area contributed by atoms with Gasteiger partial charge in [-0.3, -0.25) is 4.79 Å². The molecular weight excluding hydrogens is 510 g/mol. The van der Waals surface area contributed by atoms with Gasteiger partial charge in [0, 0.05) is 29.7 Å². The second kappa shape index (κ2) is 9.72. The van der Waals surface area contributed by atoms with Crippen LogP contribution >= 0.6 is 0 Å². The van der Waals surface area contributed by atoms with Crippen molar-refractivity contribution in [3.05, 3.63) is 35.3 Å². The minimum atomic E-state index is -1.55. The van der Waals surface area contributed by atoms with E-state index in [9.17, 15) is 9.90 Å². The summed E-state index contributed by atoms with van der Waals surface area (Å²) in [5.41, 5.74) is 4.74. The molecule has 0 amide bonds. The smallest absolute Gasteiger partial charge is 0.219 e. The van der Waals surface area contributed by atoms with Crippen molar-refractivity contribution in [2.24, 2.45) is 5.41 Å². The number of aromatic nitrogens is 5. The van der Waals surface area contributed by atoms with Crippen molar-refractivity contribution in [3.63, 3.8) is 0 Å². The molecule has 0 aliphatic heterocycles. The zero-order valence-electron chi connectivity index (χ0n) is 22.9. The molecule has 0 radical (unpaired) electrons. The lowest BCUT2D eigenvalue weighted by Crippen LogP contribution is -2.41. The fourth-order valence-electron chi connectivity index (χ4n) is 5.60. The van der Waals surface area contributed by atoms with E-state index in [1.165, 1.54) is 0 Å². The summed E-state index contributed by atoms with van der Waals surface area (Å²) >= 11 is 0. The Labute approximate surface area is 229 Å². The maximum atomic E-state index is 13.1. The van der Waals surface area contributed by atoms with E-state index in [-0.39, 0.29) is 17.8 Å². The number of ether oxygens (including phenoxy) is 1. The van der Waals surface area contributed by atoms with Gasteiger partial charge in [0.2, 0.25) is 5.88 Å². The van der Waals surface area contributed by atoms with E-state index in [0.717, 1.165) is 56.9 Å². The number of hydrogen-bond donors (Lipinski definition) is 1. The largest absolute Gasteiger partial charge is 0.477 e. The van der Waals surface area contributed by atoms with Crippen molar-refractivity contribution in [2.75, 3.05) is 13.2 Å². The Morgan fingerprint density at radius 1 is 1.13 bits per heavy atom. The van der Waals surface area contributed by atoms with E-state index in [2.05, 4.69) is 41.4 Å². The minimum Gasteiger partial charge on any atom is -0.477 e. The van der Waals surface area contributed by atoms with Crippen LogP contribution in [0.25, 0.3) is 17.3 Å². The molecule has 39 heavy (non-hydrogen) atoms. The molecule has 1 spiro atoms. The second-order valence-corrected chi connectivity index (χ2v) is 17.1. The van der Waals surface area contributed by atoms with Crippen molar-refractivity contribution in [2.45, 2.75) is 82.8 Å². The number of hydrogen-bond acceptors (Lipinski definition) is 8. The second-order valence-electron chi connectivity index (χ2n) is 12.4. The fraction of sp³-hybridized carbons (Fsp3) is 0.552. The highest BCUT2D eigenvalue weighted by atomic mass is 28.3. The van der Waals surface area contributed by atoms with Gasteiger partial charge in [-0.05, 0) is 51.0 Å². The Bertz CT molecular complexity index is 1470. The molecule has 3 aromatic heterocycles. The van der Waals surface area contributed by atoms with Gasteiger partial charge in [0.05, 0.1) is 18.6 Å². The van der Waals surface area contributed by atoms with Crippen LogP contribution in [0.5, 0.6) is 5.88 Å². The summed E-state index contributed by atoms with van der Waals surface area (Å²) in [6, 6.07) is 3.62. The number of carbonyl (C=O) groups excluding carboxylic acids is 1. The van der Waals surface area contributed by atoms with E-state index in [1.54, 1.807) is 10.7 Å². The zero-order chi connectivity index (χ0) is 27.3. The molecule has 204 valence electrons. The van der Waals surface area contributed by atoms with E-state index >= 15 is 0 Å². The first-order valence-corrected chi connectivity index (χ1v) is 17.5. The number of aliphatic hydroxyl groups is 1. The van der Waals surface area contributed by atoms with Crippen molar-refractivity contribution in [3.8, 4) is 34.7 Å². The van der Waals surface area contributed by atoms with Gasteiger partial charge in [-0.15, -0.1) is 5.54 Å². The molecule has 2 saturated carbocycles. The maximum absolute atomic E-state index is 13.1. The molecule has 3 heterocycles. The van der Waals surface area contributed by atoms with Gasteiger partial charge in [-0.2, -0.15) is 10.1 Å². The molecule has 1 N–H and O–H groups in total. The van der Waals surface area contributed by atoms with Crippen LogP contribution in [0.15, 0.2) is 22.9 Å². The Hall–Kier alpha value is -3.29. The lowest BCUT2D eigenvalue weighted by atomic mass is 9.64. The summed E-state index contributed by atoms with van der Waals surface area (Å²) in [4.78, 5) is 22.7. The van der Waals surface area contributed by atoms with Gasteiger partial charge in [0.1, 0.15) is 19.6 Å². The standard InChI is InChI=1S/C29H35N5O4Si/c1-39(2,3)16-10-20-9-15-34(32-20)23-17-24(37-19-28(18-35)13-14-28)31-27(30-23)25-21-7-6-12-29(26(21)38-33-25)11-5-4-8-22(29)36/h9,15,17,35H,4-8,11-14,18-19H2,1-3H3/t29-/m1/s1. The SMILES string of the molecule is C[Si](C)(C)C#Cc1ccn(-c2cc(OCC3(CO)CC3)nc(-c3noc4c3CCC[C@@]43CCCCC3=O)n2)n1. The lowest BCUT2D eigenvalue weighted by molar-refractivity contribution is -0.128. The number of aliphatic hydroxyl groups excluding tert-OH is 1. The Balaban J connectivity index is 1.39. The van der Waals surface area contributed by atoms with Gasteiger partial charge in [-0.1, -0.05) is 37.1 Å². The molecule has 0 bridgehead atoms. The van der Waals surface area contributed by atoms with Crippen LogP contribution in [0.2, 0.25) is 19.6 Å². The summed E-state index contributed by atoms with van der Waals surface area (Å²) in [6.07, 6.45) is 9.50.